The van der Waals surface area contributed by atoms with Crippen LogP contribution in [0.2, 0.25) is 0 Å². The molecule has 1 atom stereocenters. The molecular formula is C15H15NO7. The van der Waals surface area contributed by atoms with Gasteiger partial charge in [-0.3, -0.25) is 14.9 Å². The minimum atomic E-state index is -3.28. The van der Waals surface area contributed by atoms with E-state index in [1.165, 1.54) is 24.3 Å². The van der Waals surface area contributed by atoms with Gasteiger partial charge in [0.1, 0.15) is 0 Å². The summed E-state index contributed by atoms with van der Waals surface area (Å²) in [5.41, 5.74) is 0.350. The Balaban J connectivity index is 0.000000231. The molecule has 0 fully saturated rings. The Bertz CT molecular complexity index is 638. The van der Waals surface area contributed by atoms with Crippen LogP contribution in [-0.2, 0) is 0 Å². The molecule has 0 aliphatic heterocycles. The number of aliphatic hydroxyl groups is 4. The molecule has 0 bridgehead atoms. The van der Waals surface area contributed by atoms with Gasteiger partial charge in [0, 0.05) is 5.56 Å². The number of ketones is 1. The van der Waals surface area contributed by atoms with Crippen molar-refractivity contribution >= 4 is 5.78 Å². The highest BCUT2D eigenvalue weighted by Gasteiger charge is 2.30. The molecule has 2 rings (SSSR count). The summed E-state index contributed by atoms with van der Waals surface area (Å²) in [5, 5.41) is 44.5. The number of Topliss-reactive ketones (excluding diaryl/α,β-unsaturated/α-hetero) is 1. The SMILES string of the molecule is O=C(c1ccccc1)C(O)(O)O.O=[N+]([O-])C(O)c1ccccc1. The van der Waals surface area contributed by atoms with E-state index >= 15 is 0 Å². The van der Waals surface area contributed by atoms with Gasteiger partial charge >= 0.3 is 12.2 Å². The highest BCUT2D eigenvalue weighted by atomic mass is 16.7. The molecule has 0 saturated heterocycles. The molecule has 0 heterocycles. The summed E-state index contributed by atoms with van der Waals surface area (Å²) in [5.74, 6) is -4.41. The second-order valence-corrected chi connectivity index (χ2v) is 4.40. The number of benzene rings is 2. The molecule has 2 aromatic rings. The minimum absolute atomic E-state index is 0.0463. The molecule has 8 heteroatoms. The lowest BCUT2D eigenvalue weighted by atomic mass is 10.1. The van der Waals surface area contributed by atoms with Gasteiger partial charge in [-0.25, -0.2) is 0 Å². The molecule has 122 valence electrons. The molecule has 0 spiro atoms. The van der Waals surface area contributed by atoms with Crippen molar-refractivity contribution in [3.63, 3.8) is 0 Å². The van der Waals surface area contributed by atoms with Gasteiger partial charge in [-0.05, 0) is 12.1 Å². The third-order valence-corrected chi connectivity index (χ3v) is 2.64. The summed E-state index contributed by atoms with van der Waals surface area (Å²) in [7, 11) is 0. The average molecular weight is 321 g/mol. The molecule has 0 aliphatic rings. The number of hydrogen-bond acceptors (Lipinski definition) is 7. The molecule has 8 nitrogen and oxygen atoms in total. The number of hydrogen-bond donors (Lipinski definition) is 4. The van der Waals surface area contributed by atoms with Crippen molar-refractivity contribution in [2.24, 2.45) is 0 Å². The first-order chi connectivity index (χ1) is 10.7. The Kier molecular flexibility index (Phi) is 6.49. The van der Waals surface area contributed by atoms with Crippen LogP contribution >= 0.6 is 0 Å². The van der Waals surface area contributed by atoms with Gasteiger partial charge in [0.15, 0.2) is 0 Å². The minimum Gasteiger partial charge on any atom is -0.337 e. The third kappa shape index (κ3) is 5.93. The van der Waals surface area contributed by atoms with E-state index in [0.717, 1.165) is 0 Å². The van der Waals surface area contributed by atoms with E-state index in [1.54, 1.807) is 36.4 Å². The lowest BCUT2D eigenvalue weighted by Crippen LogP contribution is -2.37. The van der Waals surface area contributed by atoms with Crippen LogP contribution in [0.15, 0.2) is 60.7 Å². The first-order valence-corrected chi connectivity index (χ1v) is 6.37. The van der Waals surface area contributed by atoms with E-state index in [9.17, 15) is 14.9 Å². The van der Waals surface area contributed by atoms with Crippen molar-refractivity contribution in [1.29, 1.82) is 0 Å². The summed E-state index contributed by atoms with van der Waals surface area (Å²) >= 11 is 0. The molecule has 4 N–H and O–H groups in total. The number of nitro groups is 1. The summed E-state index contributed by atoms with van der Waals surface area (Å²) in [6.07, 6.45) is -1.60. The topological polar surface area (TPSA) is 141 Å². The Labute approximate surface area is 131 Å². The van der Waals surface area contributed by atoms with Gasteiger partial charge in [-0.15, -0.1) is 0 Å². The zero-order valence-corrected chi connectivity index (χ0v) is 11.8. The Morgan fingerprint density at radius 2 is 1.39 bits per heavy atom. The summed E-state index contributed by atoms with van der Waals surface area (Å²) in [6, 6.07) is 15.6. The van der Waals surface area contributed by atoms with Gasteiger partial charge in [-0.2, -0.15) is 0 Å². The third-order valence-electron chi connectivity index (χ3n) is 2.64. The summed E-state index contributed by atoms with van der Waals surface area (Å²) < 4.78 is 0. The lowest BCUT2D eigenvalue weighted by Gasteiger charge is -2.11. The standard InChI is InChI=1S/C8H8O4.C7H7NO3/c9-7(8(10,11)12)6-4-2-1-3-5-6;9-7(8(10)11)6-4-2-1-3-5-6/h1-5,10-12H;1-5,7,9H. The average Bonchev–Trinajstić information content (AvgIpc) is 2.54. The van der Waals surface area contributed by atoms with Crippen molar-refractivity contribution in [2.75, 3.05) is 0 Å². The second-order valence-electron chi connectivity index (χ2n) is 4.40. The maximum atomic E-state index is 10.9. The number of carbonyl (C=O) groups is 1. The Morgan fingerprint density at radius 3 is 1.78 bits per heavy atom. The zero-order valence-electron chi connectivity index (χ0n) is 11.8. The first kappa shape index (κ1) is 18.4. The van der Waals surface area contributed by atoms with Crippen molar-refractivity contribution < 1.29 is 30.1 Å². The van der Waals surface area contributed by atoms with E-state index < -0.39 is 22.9 Å². The van der Waals surface area contributed by atoms with Crippen molar-refractivity contribution in [3.05, 3.63) is 81.9 Å². The highest BCUT2D eigenvalue weighted by Crippen LogP contribution is 2.11. The smallest absolute Gasteiger partial charge is 0.337 e. The van der Waals surface area contributed by atoms with Crippen molar-refractivity contribution in [2.45, 2.75) is 12.2 Å². The number of rotatable bonds is 4. The van der Waals surface area contributed by atoms with Gasteiger partial charge in [0.2, 0.25) is 0 Å². The predicted octanol–water partition coefficient (Wildman–Crippen LogP) is 0.454. The van der Waals surface area contributed by atoms with Crippen LogP contribution < -0.4 is 0 Å². The van der Waals surface area contributed by atoms with E-state index in [0.29, 0.717) is 5.56 Å². The van der Waals surface area contributed by atoms with Crippen LogP contribution in [-0.4, -0.2) is 37.1 Å². The van der Waals surface area contributed by atoms with Crippen LogP contribution in [0.25, 0.3) is 0 Å². The fraction of sp³-hybridized carbons (Fsp3) is 0.133. The van der Waals surface area contributed by atoms with E-state index in [1.807, 2.05) is 0 Å². The van der Waals surface area contributed by atoms with Crippen LogP contribution in [0.5, 0.6) is 0 Å². The monoisotopic (exact) mass is 321 g/mol. The normalized spacial score (nSPS) is 11.8. The second kappa shape index (κ2) is 8.11. The lowest BCUT2D eigenvalue weighted by molar-refractivity contribution is -0.578. The summed E-state index contributed by atoms with van der Waals surface area (Å²) in [6.45, 7) is 0. The van der Waals surface area contributed by atoms with Gasteiger partial charge < -0.3 is 20.4 Å². The van der Waals surface area contributed by atoms with E-state index in [-0.39, 0.29) is 5.56 Å². The highest BCUT2D eigenvalue weighted by molar-refractivity contribution is 5.99. The molecule has 0 radical (unpaired) electrons. The first-order valence-electron chi connectivity index (χ1n) is 6.37. The number of aliphatic hydroxyl groups excluding tert-OH is 1. The van der Waals surface area contributed by atoms with Gasteiger partial charge in [0.05, 0.1) is 10.5 Å². The van der Waals surface area contributed by atoms with Crippen LogP contribution in [0.1, 0.15) is 22.1 Å². The molecule has 0 aromatic heterocycles. The molecule has 0 aliphatic carbocycles. The molecule has 23 heavy (non-hydrogen) atoms. The molecule has 0 amide bonds. The van der Waals surface area contributed by atoms with Gasteiger partial charge in [0.25, 0.3) is 5.78 Å². The fourth-order valence-corrected chi connectivity index (χ4v) is 1.53. The number of carbonyl (C=O) groups excluding carboxylic acids is 1. The quantitative estimate of drug-likeness (QED) is 0.277. The van der Waals surface area contributed by atoms with E-state index in [4.69, 9.17) is 20.4 Å². The molecule has 1 unspecified atom stereocenters. The molecular weight excluding hydrogens is 306 g/mol. The van der Waals surface area contributed by atoms with Crippen LogP contribution in [0.3, 0.4) is 0 Å². The predicted molar refractivity (Wildman–Crippen MR) is 78.6 cm³/mol. The summed E-state index contributed by atoms with van der Waals surface area (Å²) in [4.78, 5) is 20.2. The van der Waals surface area contributed by atoms with Crippen molar-refractivity contribution in [1.82, 2.24) is 0 Å². The maximum absolute atomic E-state index is 10.9. The van der Waals surface area contributed by atoms with Crippen molar-refractivity contribution in [3.8, 4) is 0 Å². The van der Waals surface area contributed by atoms with E-state index in [2.05, 4.69) is 0 Å². The fourth-order valence-electron chi connectivity index (χ4n) is 1.53. The molecule has 0 saturated carbocycles. The largest absolute Gasteiger partial charge is 0.344 e. The maximum Gasteiger partial charge on any atom is 0.344 e. The molecule has 2 aromatic carbocycles. The van der Waals surface area contributed by atoms with Crippen LogP contribution in [0.4, 0.5) is 0 Å². The Morgan fingerprint density at radius 1 is 0.957 bits per heavy atom. The Hall–Kier alpha value is -2.65. The van der Waals surface area contributed by atoms with Crippen LogP contribution in [0, 0.1) is 10.1 Å². The van der Waals surface area contributed by atoms with Gasteiger partial charge in [-0.1, -0.05) is 48.5 Å². The number of nitrogens with zero attached hydrogens (tertiary/aromatic N) is 1. The zero-order chi connectivity index (χ0) is 17.5.